The van der Waals surface area contributed by atoms with Crippen LogP contribution in [0.15, 0.2) is 12.1 Å². The van der Waals surface area contributed by atoms with Gasteiger partial charge in [-0.25, -0.2) is 0 Å². The summed E-state index contributed by atoms with van der Waals surface area (Å²) in [5, 5.41) is 8.77. The molecule has 130 valence electrons. The zero-order valence-electron chi connectivity index (χ0n) is 14.5. The van der Waals surface area contributed by atoms with E-state index in [0.29, 0.717) is 11.8 Å². The Hall–Kier alpha value is -1.69. The second-order valence-corrected chi connectivity index (χ2v) is 7.50. The molecule has 1 saturated carbocycles. The van der Waals surface area contributed by atoms with Gasteiger partial charge in [-0.1, -0.05) is 0 Å². The first kappa shape index (κ1) is 15.8. The highest BCUT2D eigenvalue weighted by Crippen LogP contribution is 2.38. The van der Waals surface area contributed by atoms with E-state index < -0.39 is 0 Å². The second-order valence-electron chi connectivity index (χ2n) is 7.50. The molecule has 0 radical (unpaired) electrons. The number of aromatic nitrogens is 2. The van der Waals surface area contributed by atoms with Crippen LogP contribution < -0.4 is 4.90 Å². The fourth-order valence-electron chi connectivity index (χ4n) is 3.88. The molecule has 1 aromatic heterocycles. The maximum Gasteiger partial charge on any atom is 0.227 e. The van der Waals surface area contributed by atoms with E-state index in [2.05, 4.69) is 39.2 Å². The zero-order chi connectivity index (χ0) is 16.5. The minimum Gasteiger partial charge on any atom is -0.352 e. The molecule has 2 aliphatic heterocycles. The van der Waals surface area contributed by atoms with Crippen LogP contribution in [0.4, 0.5) is 5.82 Å². The molecule has 0 bridgehead atoms. The van der Waals surface area contributed by atoms with E-state index in [1.165, 1.54) is 12.8 Å². The molecule has 6 nitrogen and oxygen atoms in total. The molecular weight excluding hydrogens is 302 g/mol. The highest BCUT2D eigenvalue weighted by Gasteiger charge is 2.30. The molecule has 0 N–H and O–H groups in total. The number of nitrogens with zero attached hydrogens (tertiary/aromatic N) is 5. The molecule has 3 heterocycles. The Morgan fingerprint density at radius 2 is 1.83 bits per heavy atom. The van der Waals surface area contributed by atoms with Gasteiger partial charge in [-0.15, -0.1) is 5.10 Å². The molecule has 0 aromatic carbocycles. The van der Waals surface area contributed by atoms with Crippen LogP contribution in [0.5, 0.6) is 0 Å². The van der Waals surface area contributed by atoms with Crippen LogP contribution in [0.1, 0.15) is 37.3 Å². The SMILES string of the molecule is CN1CCCC(C(=O)N2CCN(c3ccc(C4CC4)nn3)CC2)C1. The average Bonchev–Trinajstić information content (AvgIpc) is 3.47. The summed E-state index contributed by atoms with van der Waals surface area (Å²) in [7, 11) is 2.11. The fraction of sp³-hybridized carbons (Fsp3) is 0.722. The first-order valence-electron chi connectivity index (χ1n) is 9.26. The third-order valence-corrected chi connectivity index (χ3v) is 5.56. The Balaban J connectivity index is 1.31. The van der Waals surface area contributed by atoms with Crippen molar-refractivity contribution in [1.29, 1.82) is 0 Å². The van der Waals surface area contributed by atoms with Crippen molar-refractivity contribution >= 4 is 11.7 Å². The van der Waals surface area contributed by atoms with Crippen LogP contribution >= 0.6 is 0 Å². The van der Waals surface area contributed by atoms with E-state index in [-0.39, 0.29) is 5.92 Å². The maximum atomic E-state index is 12.7. The molecule has 3 aliphatic rings. The average molecular weight is 329 g/mol. The molecule has 1 atom stereocenters. The summed E-state index contributed by atoms with van der Waals surface area (Å²) >= 11 is 0. The monoisotopic (exact) mass is 329 g/mol. The van der Waals surface area contributed by atoms with Crippen molar-refractivity contribution in [2.45, 2.75) is 31.6 Å². The molecule has 1 aromatic rings. The van der Waals surface area contributed by atoms with E-state index in [0.717, 1.165) is 63.6 Å². The summed E-state index contributed by atoms with van der Waals surface area (Å²) in [6.45, 7) is 5.33. The Morgan fingerprint density at radius 1 is 1.04 bits per heavy atom. The highest BCUT2D eigenvalue weighted by molar-refractivity contribution is 5.79. The van der Waals surface area contributed by atoms with Crippen LogP contribution in [0, 0.1) is 5.92 Å². The Kier molecular flexibility index (Phi) is 4.39. The number of hydrogen-bond acceptors (Lipinski definition) is 5. The summed E-state index contributed by atoms with van der Waals surface area (Å²) in [6.07, 6.45) is 4.68. The van der Waals surface area contributed by atoms with E-state index in [9.17, 15) is 4.79 Å². The van der Waals surface area contributed by atoms with Crippen molar-refractivity contribution in [3.63, 3.8) is 0 Å². The van der Waals surface area contributed by atoms with Crippen LogP contribution in [0.3, 0.4) is 0 Å². The van der Waals surface area contributed by atoms with Crippen molar-refractivity contribution in [3.05, 3.63) is 17.8 Å². The molecule has 24 heavy (non-hydrogen) atoms. The first-order chi connectivity index (χ1) is 11.7. The predicted molar refractivity (Wildman–Crippen MR) is 93.0 cm³/mol. The van der Waals surface area contributed by atoms with Gasteiger partial charge >= 0.3 is 0 Å². The van der Waals surface area contributed by atoms with Crippen LogP contribution in [0.25, 0.3) is 0 Å². The Labute approximate surface area is 143 Å². The minimum atomic E-state index is 0.188. The van der Waals surface area contributed by atoms with Crippen molar-refractivity contribution in [2.24, 2.45) is 5.92 Å². The molecule has 2 saturated heterocycles. The van der Waals surface area contributed by atoms with Crippen molar-refractivity contribution in [1.82, 2.24) is 20.0 Å². The van der Waals surface area contributed by atoms with Gasteiger partial charge in [0.15, 0.2) is 5.82 Å². The Bertz CT molecular complexity index is 578. The molecule has 1 amide bonds. The van der Waals surface area contributed by atoms with Crippen molar-refractivity contribution in [2.75, 3.05) is 51.2 Å². The number of carbonyl (C=O) groups is 1. The van der Waals surface area contributed by atoms with Gasteiger partial charge in [-0.2, -0.15) is 5.10 Å². The Morgan fingerprint density at radius 3 is 2.46 bits per heavy atom. The fourth-order valence-corrected chi connectivity index (χ4v) is 3.88. The molecule has 4 rings (SSSR count). The lowest BCUT2D eigenvalue weighted by Crippen LogP contribution is -2.52. The first-order valence-corrected chi connectivity index (χ1v) is 9.26. The number of amides is 1. The van der Waals surface area contributed by atoms with E-state index in [1.54, 1.807) is 0 Å². The van der Waals surface area contributed by atoms with Gasteiger partial charge in [0.1, 0.15) is 0 Å². The summed E-state index contributed by atoms with van der Waals surface area (Å²) in [4.78, 5) is 19.3. The second kappa shape index (κ2) is 6.67. The summed E-state index contributed by atoms with van der Waals surface area (Å²) in [5.74, 6) is 2.13. The van der Waals surface area contributed by atoms with E-state index in [1.807, 2.05) is 4.90 Å². The highest BCUT2D eigenvalue weighted by atomic mass is 16.2. The van der Waals surface area contributed by atoms with Gasteiger partial charge in [0, 0.05) is 38.6 Å². The largest absolute Gasteiger partial charge is 0.352 e. The van der Waals surface area contributed by atoms with Crippen LogP contribution in [-0.2, 0) is 4.79 Å². The quantitative estimate of drug-likeness (QED) is 0.838. The van der Waals surface area contributed by atoms with Crippen LogP contribution in [0.2, 0.25) is 0 Å². The lowest BCUT2D eigenvalue weighted by atomic mass is 9.96. The molecule has 6 heteroatoms. The van der Waals surface area contributed by atoms with E-state index >= 15 is 0 Å². The number of carbonyl (C=O) groups excluding carboxylic acids is 1. The van der Waals surface area contributed by atoms with Gasteiger partial charge in [-0.3, -0.25) is 4.79 Å². The zero-order valence-corrected chi connectivity index (χ0v) is 14.5. The number of piperidine rings is 1. The maximum absolute atomic E-state index is 12.7. The lowest BCUT2D eigenvalue weighted by molar-refractivity contribution is -0.137. The molecule has 1 aliphatic carbocycles. The smallest absolute Gasteiger partial charge is 0.227 e. The number of likely N-dealkylation sites (tertiary alicyclic amines) is 1. The van der Waals surface area contributed by atoms with Crippen LogP contribution in [-0.4, -0.2) is 72.2 Å². The van der Waals surface area contributed by atoms with Gasteiger partial charge in [0.05, 0.1) is 11.6 Å². The third kappa shape index (κ3) is 3.38. The molecular formula is C18H27N5O. The molecule has 1 unspecified atom stereocenters. The number of piperazine rings is 1. The van der Waals surface area contributed by atoms with Crippen molar-refractivity contribution < 1.29 is 4.79 Å². The topological polar surface area (TPSA) is 52.6 Å². The standard InChI is InChI=1S/C18H27N5O/c1-21-8-2-3-15(13-21)18(24)23-11-9-22(10-12-23)17-7-6-16(19-20-17)14-4-5-14/h6-7,14-15H,2-5,8-13H2,1H3. The number of rotatable bonds is 3. The lowest BCUT2D eigenvalue weighted by Gasteiger charge is -2.38. The summed E-state index contributed by atoms with van der Waals surface area (Å²) in [5.41, 5.74) is 1.13. The molecule has 0 spiro atoms. The van der Waals surface area contributed by atoms with Gasteiger partial charge in [-0.05, 0) is 51.4 Å². The minimum absolute atomic E-state index is 0.188. The van der Waals surface area contributed by atoms with Gasteiger partial charge in [0.25, 0.3) is 0 Å². The van der Waals surface area contributed by atoms with E-state index in [4.69, 9.17) is 0 Å². The summed E-state index contributed by atoms with van der Waals surface area (Å²) < 4.78 is 0. The predicted octanol–water partition coefficient (Wildman–Crippen LogP) is 1.34. The number of hydrogen-bond donors (Lipinski definition) is 0. The number of anilines is 1. The normalized spacial score (nSPS) is 25.8. The third-order valence-electron chi connectivity index (χ3n) is 5.56. The van der Waals surface area contributed by atoms with Gasteiger partial charge < -0.3 is 14.7 Å². The summed E-state index contributed by atoms with van der Waals surface area (Å²) in [6, 6.07) is 4.21. The van der Waals surface area contributed by atoms with Crippen molar-refractivity contribution in [3.8, 4) is 0 Å². The molecule has 3 fully saturated rings. The van der Waals surface area contributed by atoms with Gasteiger partial charge in [0.2, 0.25) is 5.91 Å².